The van der Waals surface area contributed by atoms with Crippen LogP contribution in [-0.4, -0.2) is 23.7 Å². The minimum absolute atomic E-state index is 0.0275. The number of phenols is 1. The molecular formula is C12H14O5. The Morgan fingerprint density at radius 2 is 1.82 bits per heavy atom. The number of rotatable bonds is 5. The van der Waals surface area contributed by atoms with Crippen LogP contribution in [0.25, 0.3) is 0 Å². The molecule has 1 N–H and O–H groups in total. The molecule has 1 rings (SSSR count). The van der Waals surface area contributed by atoms with Gasteiger partial charge in [0.2, 0.25) is 0 Å². The monoisotopic (exact) mass is 238 g/mol. The zero-order chi connectivity index (χ0) is 12.7. The Kier molecular flexibility index (Phi) is 5.00. The van der Waals surface area contributed by atoms with Crippen molar-refractivity contribution in [3.05, 3.63) is 24.3 Å². The third kappa shape index (κ3) is 4.55. The molecule has 0 aliphatic rings. The predicted molar refractivity (Wildman–Crippen MR) is 59.6 cm³/mol. The topological polar surface area (TPSA) is 72.8 Å². The Hall–Kier alpha value is -2.04. The second-order valence-corrected chi connectivity index (χ2v) is 3.25. The Morgan fingerprint density at radius 1 is 1.18 bits per heavy atom. The van der Waals surface area contributed by atoms with E-state index in [1.165, 1.54) is 12.1 Å². The van der Waals surface area contributed by atoms with E-state index in [0.717, 1.165) is 0 Å². The molecule has 0 fully saturated rings. The number of hydrogen-bond donors (Lipinski definition) is 1. The van der Waals surface area contributed by atoms with Gasteiger partial charge in [-0.05, 0) is 19.1 Å². The molecule has 0 amide bonds. The van der Waals surface area contributed by atoms with Gasteiger partial charge < -0.3 is 14.6 Å². The first-order chi connectivity index (χ1) is 8.13. The molecule has 1 aromatic rings. The van der Waals surface area contributed by atoms with Gasteiger partial charge in [0.25, 0.3) is 0 Å². The van der Waals surface area contributed by atoms with E-state index in [4.69, 9.17) is 4.74 Å². The molecule has 0 heterocycles. The molecule has 5 heteroatoms. The number of ether oxygens (including phenoxy) is 2. The zero-order valence-electron chi connectivity index (χ0n) is 9.51. The molecule has 5 nitrogen and oxygen atoms in total. The lowest BCUT2D eigenvalue weighted by Crippen LogP contribution is -2.12. The quantitative estimate of drug-likeness (QED) is 0.623. The summed E-state index contributed by atoms with van der Waals surface area (Å²) < 4.78 is 9.55. The van der Waals surface area contributed by atoms with Crippen LogP contribution in [0.5, 0.6) is 11.5 Å². The van der Waals surface area contributed by atoms with Crippen LogP contribution in [-0.2, 0) is 14.3 Å². The fraction of sp³-hybridized carbons (Fsp3) is 0.333. The SMILES string of the molecule is CCOC(=O)CCC(=O)Oc1ccccc1O. The van der Waals surface area contributed by atoms with Crippen molar-refractivity contribution in [2.75, 3.05) is 6.61 Å². The third-order valence-electron chi connectivity index (χ3n) is 1.93. The van der Waals surface area contributed by atoms with Crippen molar-refractivity contribution in [3.8, 4) is 11.5 Å². The first kappa shape index (κ1) is 13.0. The highest BCUT2D eigenvalue weighted by molar-refractivity contribution is 5.79. The zero-order valence-corrected chi connectivity index (χ0v) is 9.51. The van der Waals surface area contributed by atoms with Crippen molar-refractivity contribution in [2.45, 2.75) is 19.8 Å². The largest absolute Gasteiger partial charge is 0.504 e. The number of benzene rings is 1. The maximum absolute atomic E-state index is 11.3. The first-order valence-electron chi connectivity index (χ1n) is 5.27. The van der Waals surface area contributed by atoms with Gasteiger partial charge in [-0.3, -0.25) is 9.59 Å². The highest BCUT2D eigenvalue weighted by Crippen LogP contribution is 2.24. The van der Waals surface area contributed by atoms with Crippen molar-refractivity contribution in [1.82, 2.24) is 0 Å². The fourth-order valence-electron chi connectivity index (χ4n) is 1.15. The number of aromatic hydroxyl groups is 1. The van der Waals surface area contributed by atoms with E-state index in [2.05, 4.69) is 4.74 Å². The molecule has 0 atom stereocenters. The predicted octanol–water partition coefficient (Wildman–Crippen LogP) is 1.64. The lowest BCUT2D eigenvalue weighted by molar-refractivity contribution is -0.146. The molecular weight excluding hydrogens is 224 g/mol. The number of para-hydroxylation sites is 2. The summed E-state index contributed by atoms with van der Waals surface area (Å²) in [7, 11) is 0. The summed E-state index contributed by atoms with van der Waals surface area (Å²) in [5, 5.41) is 9.35. The number of carbonyl (C=O) groups excluding carboxylic acids is 2. The van der Waals surface area contributed by atoms with Crippen molar-refractivity contribution < 1.29 is 24.2 Å². The maximum atomic E-state index is 11.3. The van der Waals surface area contributed by atoms with E-state index < -0.39 is 11.9 Å². The summed E-state index contributed by atoms with van der Waals surface area (Å²) in [6.45, 7) is 1.98. The van der Waals surface area contributed by atoms with Gasteiger partial charge in [-0.2, -0.15) is 0 Å². The number of esters is 2. The number of carbonyl (C=O) groups is 2. The van der Waals surface area contributed by atoms with Crippen LogP contribution in [0, 0.1) is 0 Å². The molecule has 0 spiro atoms. The minimum Gasteiger partial charge on any atom is -0.504 e. The number of phenolic OH excluding ortho intramolecular Hbond substituents is 1. The average molecular weight is 238 g/mol. The molecule has 0 aliphatic heterocycles. The smallest absolute Gasteiger partial charge is 0.311 e. The lowest BCUT2D eigenvalue weighted by atomic mass is 10.3. The summed E-state index contributed by atoms with van der Waals surface area (Å²) in [6, 6.07) is 6.13. The molecule has 0 bridgehead atoms. The Morgan fingerprint density at radius 3 is 2.47 bits per heavy atom. The van der Waals surface area contributed by atoms with Crippen LogP contribution in [0.1, 0.15) is 19.8 Å². The van der Waals surface area contributed by atoms with Gasteiger partial charge >= 0.3 is 11.9 Å². The molecule has 92 valence electrons. The average Bonchev–Trinajstić information content (AvgIpc) is 2.30. The lowest BCUT2D eigenvalue weighted by Gasteiger charge is -2.05. The summed E-state index contributed by atoms with van der Waals surface area (Å²) in [6.07, 6.45) is -0.104. The molecule has 0 radical (unpaired) electrons. The van der Waals surface area contributed by atoms with Crippen molar-refractivity contribution in [3.63, 3.8) is 0 Å². The van der Waals surface area contributed by atoms with E-state index >= 15 is 0 Å². The van der Waals surface area contributed by atoms with Crippen molar-refractivity contribution in [1.29, 1.82) is 0 Å². The molecule has 0 unspecified atom stereocenters. The first-order valence-corrected chi connectivity index (χ1v) is 5.27. The summed E-state index contributed by atoms with van der Waals surface area (Å²) in [5.41, 5.74) is 0. The van der Waals surface area contributed by atoms with E-state index in [-0.39, 0.29) is 30.9 Å². The molecule has 1 aromatic carbocycles. The van der Waals surface area contributed by atoms with Gasteiger partial charge in [0.05, 0.1) is 19.4 Å². The molecule has 0 aliphatic carbocycles. The van der Waals surface area contributed by atoms with E-state index in [1.807, 2.05) is 0 Å². The second kappa shape index (κ2) is 6.52. The van der Waals surface area contributed by atoms with Crippen LogP contribution in [0.4, 0.5) is 0 Å². The van der Waals surface area contributed by atoms with Crippen LogP contribution in [0.3, 0.4) is 0 Å². The Labute approximate surface area is 99.0 Å². The Bertz CT molecular complexity index is 400. The minimum atomic E-state index is -0.584. The molecule has 0 saturated heterocycles. The van der Waals surface area contributed by atoms with Gasteiger partial charge in [0.15, 0.2) is 11.5 Å². The van der Waals surface area contributed by atoms with Crippen molar-refractivity contribution in [2.24, 2.45) is 0 Å². The van der Waals surface area contributed by atoms with Crippen molar-refractivity contribution >= 4 is 11.9 Å². The third-order valence-corrected chi connectivity index (χ3v) is 1.93. The second-order valence-electron chi connectivity index (χ2n) is 3.25. The Balaban J connectivity index is 2.40. The molecule has 17 heavy (non-hydrogen) atoms. The molecule has 0 saturated carbocycles. The normalized spacial score (nSPS) is 9.71. The summed E-state index contributed by atoms with van der Waals surface area (Å²) in [4.78, 5) is 22.3. The fourth-order valence-corrected chi connectivity index (χ4v) is 1.15. The van der Waals surface area contributed by atoms with Gasteiger partial charge in [-0.15, -0.1) is 0 Å². The van der Waals surface area contributed by atoms with Gasteiger partial charge in [0.1, 0.15) is 0 Å². The van der Waals surface area contributed by atoms with E-state index in [0.29, 0.717) is 0 Å². The van der Waals surface area contributed by atoms with E-state index in [9.17, 15) is 14.7 Å². The van der Waals surface area contributed by atoms with Gasteiger partial charge in [-0.25, -0.2) is 0 Å². The maximum Gasteiger partial charge on any atom is 0.311 e. The van der Waals surface area contributed by atoms with Crippen LogP contribution in [0.2, 0.25) is 0 Å². The van der Waals surface area contributed by atoms with Crippen LogP contribution in [0.15, 0.2) is 24.3 Å². The van der Waals surface area contributed by atoms with Gasteiger partial charge in [0, 0.05) is 0 Å². The van der Waals surface area contributed by atoms with E-state index in [1.54, 1.807) is 19.1 Å². The molecule has 0 aromatic heterocycles. The summed E-state index contributed by atoms with van der Waals surface area (Å²) >= 11 is 0. The number of hydrogen-bond acceptors (Lipinski definition) is 5. The van der Waals surface area contributed by atoms with Gasteiger partial charge in [-0.1, -0.05) is 12.1 Å². The van der Waals surface area contributed by atoms with Crippen LogP contribution < -0.4 is 4.74 Å². The highest BCUT2D eigenvalue weighted by Gasteiger charge is 2.11. The van der Waals surface area contributed by atoms with Crippen LogP contribution >= 0.6 is 0 Å². The standard InChI is InChI=1S/C12H14O5/c1-2-16-11(14)7-8-12(15)17-10-6-4-3-5-9(10)13/h3-6,13H,2,7-8H2,1H3. The summed E-state index contributed by atoms with van der Waals surface area (Å²) in [5.74, 6) is -1.06. The highest BCUT2D eigenvalue weighted by atomic mass is 16.5.